The summed E-state index contributed by atoms with van der Waals surface area (Å²) in [6.07, 6.45) is 0.470. The number of amides is 1. The molecule has 0 bridgehead atoms. The van der Waals surface area contributed by atoms with Gasteiger partial charge in [0.15, 0.2) is 0 Å². The zero-order chi connectivity index (χ0) is 26.9. The third-order valence-electron chi connectivity index (χ3n) is 6.95. The molecular formula is C30H27FN2O4S. The summed E-state index contributed by atoms with van der Waals surface area (Å²) in [5, 5.41) is 2.79. The van der Waals surface area contributed by atoms with E-state index in [9.17, 15) is 9.59 Å². The third kappa shape index (κ3) is 4.91. The first-order chi connectivity index (χ1) is 18.3. The average molecular weight is 531 g/mol. The predicted molar refractivity (Wildman–Crippen MR) is 146 cm³/mol. The van der Waals surface area contributed by atoms with E-state index < -0.39 is 23.4 Å². The Kier molecular flexibility index (Phi) is 6.99. The molecule has 6 nitrogen and oxygen atoms in total. The molecule has 5 rings (SSSR count). The van der Waals surface area contributed by atoms with Gasteiger partial charge in [-0.25, -0.2) is 9.18 Å². The molecule has 194 valence electrons. The van der Waals surface area contributed by atoms with Crippen LogP contribution in [0.4, 0.5) is 14.9 Å². The van der Waals surface area contributed by atoms with Crippen molar-refractivity contribution in [3.05, 3.63) is 95.4 Å². The Bertz CT molecular complexity index is 1480. The van der Waals surface area contributed by atoms with Crippen LogP contribution in [0.2, 0.25) is 0 Å². The van der Waals surface area contributed by atoms with Crippen LogP contribution in [0.5, 0.6) is 0 Å². The van der Waals surface area contributed by atoms with Gasteiger partial charge in [0.1, 0.15) is 11.9 Å². The van der Waals surface area contributed by atoms with Gasteiger partial charge in [-0.05, 0) is 66.5 Å². The van der Waals surface area contributed by atoms with E-state index >= 15 is 4.39 Å². The van der Waals surface area contributed by atoms with Gasteiger partial charge in [-0.3, -0.25) is 10.1 Å². The molecule has 0 aliphatic heterocycles. The summed E-state index contributed by atoms with van der Waals surface area (Å²) in [5.74, 6) is -0.634. The molecule has 8 heteroatoms. The van der Waals surface area contributed by atoms with E-state index in [2.05, 4.69) is 9.69 Å². The minimum absolute atomic E-state index is 0.233. The molecule has 4 aromatic rings. The summed E-state index contributed by atoms with van der Waals surface area (Å²) >= 11 is 1.18. The SMILES string of the molecule is COC(=O)C1(c2ccc(-c3ccc(-c4snc(C)c4NC(=O)OC(C)c4ccccc4)cc3F)cc2)CC1. The molecule has 1 aliphatic carbocycles. The van der Waals surface area contributed by atoms with Crippen LogP contribution in [0.15, 0.2) is 72.8 Å². The number of aromatic nitrogens is 1. The molecule has 1 atom stereocenters. The van der Waals surface area contributed by atoms with Gasteiger partial charge in [0.2, 0.25) is 0 Å². The number of hydrogen-bond donors (Lipinski definition) is 1. The molecule has 1 fully saturated rings. The Morgan fingerprint density at radius 1 is 1.03 bits per heavy atom. The highest BCUT2D eigenvalue weighted by atomic mass is 32.1. The second-order valence-electron chi connectivity index (χ2n) is 9.40. The van der Waals surface area contributed by atoms with Crippen molar-refractivity contribution in [3.63, 3.8) is 0 Å². The Balaban J connectivity index is 1.34. The van der Waals surface area contributed by atoms with Crippen molar-refractivity contribution in [2.75, 3.05) is 12.4 Å². The Morgan fingerprint density at radius 2 is 1.71 bits per heavy atom. The number of halogens is 1. The molecule has 1 N–H and O–H groups in total. The van der Waals surface area contributed by atoms with Crippen LogP contribution in [-0.4, -0.2) is 23.5 Å². The molecule has 1 aromatic heterocycles. The second kappa shape index (κ2) is 10.4. The fraction of sp³-hybridized carbons (Fsp3) is 0.233. The monoisotopic (exact) mass is 530 g/mol. The standard InChI is InChI=1S/C30H27FN2O4S/c1-18-26(32-29(35)37-19(2)20-7-5-4-6-8-20)27(38-33-18)22-11-14-24(25(31)17-22)21-9-12-23(13-10-21)30(15-16-30)28(34)36-3/h4-14,17,19H,15-16H2,1-3H3,(H,32,35). The molecule has 0 radical (unpaired) electrons. The highest BCUT2D eigenvalue weighted by molar-refractivity contribution is 7.10. The quantitative estimate of drug-likeness (QED) is 0.251. The minimum atomic E-state index is -0.608. The van der Waals surface area contributed by atoms with Crippen molar-refractivity contribution in [1.82, 2.24) is 4.37 Å². The van der Waals surface area contributed by atoms with E-state index in [1.807, 2.05) is 54.6 Å². The van der Waals surface area contributed by atoms with Crippen LogP contribution >= 0.6 is 11.5 Å². The number of methoxy groups -OCH3 is 1. The normalized spacial score (nSPS) is 14.4. The van der Waals surface area contributed by atoms with Crippen LogP contribution in [0, 0.1) is 12.7 Å². The van der Waals surface area contributed by atoms with Crippen LogP contribution < -0.4 is 5.32 Å². The summed E-state index contributed by atoms with van der Waals surface area (Å²) in [7, 11) is 1.40. The lowest BCUT2D eigenvalue weighted by atomic mass is 9.93. The number of ether oxygens (including phenoxy) is 2. The lowest BCUT2D eigenvalue weighted by Crippen LogP contribution is -2.21. The van der Waals surface area contributed by atoms with Crippen molar-refractivity contribution < 1.29 is 23.5 Å². The maximum absolute atomic E-state index is 15.3. The highest BCUT2D eigenvalue weighted by Gasteiger charge is 2.52. The fourth-order valence-electron chi connectivity index (χ4n) is 4.59. The van der Waals surface area contributed by atoms with E-state index in [0.29, 0.717) is 32.9 Å². The molecule has 3 aromatic carbocycles. The first kappa shape index (κ1) is 25.6. The molecule has 1 heterocycles. The maximum Gasteiger partial charge on any atom is 0.412 e. The smallest absolute Gasteiger partial charge is 0.412 e. The van der Waals surface area contributed by atoms with Gasteiger partial charge < -0.3 is 9.47 Å². The lowest BCUT2D eigenvalue weighted by Gasteiger charge is -2.15. The number of aryl methyl sites for hydroxylation is 1. The lowest BCUT2D eigenvalue weighted by molar-refractivity contribution is -0.143. The Labute approximate surface area is 224 Å². The zero-order valence-electron chi connectivity index (χ0n) is 21.3. The van der Waals surface area contributed by atoms with Gasteiger partial charge in [-0.15, -0.1) is 0 Å². The number of nitrogens with one attached hydrogen (secondary N) is 1. The topological polar surface area (TPSA) is 77.5 Å². The number of anilines is 1. The molecule has 1 aliphatic rings. The number of carbonyl (C=O) groups excluding carboxylic acids is 2. The molecule has 1 amide bonds. The fourth-order valence-corrected chi connectivity index (χ4v) is 5.43. The summed E-state index contributed by atoms with van der Waals surface area (Å²) in [4.78, 5) is 25.5. The number of rotatable bonds is 7. The van der Waals surface area contributed by atoms with Crippen LogP contribution in [-0.2, 0) is 19.7 Å². The van der Waals surface area contributed by atoms with E-state index in [4.69, 9.17) is 9.47 Å². The molecule has 0 saturated heterocycles. The van der Waals surface area contributed by atoms with E-state index in [1.54, 1.807) is 26.0 Å². The van der Waals surface area contributed by atoms with Gasteiger partial charge in [-0.2, -0.15) is 4.37 Å². The Hall–Kier alpha value is -4.04. The van der Waals surface area contributed by atoms with E-state index in [-0.39, 0.29) is 5.97 Å². The number of nitrogens with zero attached hydrogens (tertiary/aromatic N) is 1. The molecule has 1 saturated carbocycles. The van der Waals surface area contributed by atoms with Crippen molar-refractivity contribution >= 4 is 29.3 Å². The van der Waals surface area contributed by atoms with Gasteiger partial charge in [0.25, 0.3) is 0 Å². The van der Waals surface area contributed by atoms with Crippen molar-refractivity contribution in [1.29, 1.82) is 0 Å². The zero-order valence-corrected chi connectivity index (χ0v) is 22.1. The first-order valence-electron chi connectivity index (χ1n) is 12.3. The van der Waals surface area contributed by atoms with Crippen molar-refractivity contribution in [2.45, 2.75) is 38.2 Å². The largest absolute Gasteiger partial charge is 0.468 e. The van der Waals surface area contributed by atoms with Crippen LogP contribution in [0.25, 0.3) is 21.6 Å². The second-order valence-corrected chi connectivity index (χ2v) is 10.2. The number of hydrogen-bond acceptors (Lipinski definition) is 6. The number of esters is 1. The number of carbonyl (C=O) groups is 2. The van der Waals surface area contributed by atoms with Gasteiger partial charge in [0.05, 0.1) is 28.8 Å². The molecular weight excluding hydrogens is 503 g/mol. The maximum atomic E-state index is 15.3. The van der Waals surface area contributed by atoms with Crippen molar-refractivity contribution in [2.24, 2.45) is 0 Å². The molecule has 0 spiro atoms. The summed E-state index contributed by atoms with van der Waals surface area (Å²) in [6, 6.07) is 21.8. The molecule has 1 unspecified atom stereocenters. The van der Waals surface area contributed by atoms with Crippen LogP contribution in [0.3, 0.4) is 0 Å². The van der Waals surface area contributed by atoms with E-state index in [1.165, 1.54) is 24.7 Å². The van der Waals surface area contributed by atoms with E-state index in [0.717, 1.165) is 24.0 Å². The molecule has 38 heavy (non-hydrogen) atoms. The van der Waals surface area contributed by atoms with Crippen molar-refractivity contribution in [3.8, 4) is 21.6 Å². The minimum Gasteiger partial charge on any atom is -0.468 e. The summed E-state index contributed by atoms with van der Waals surface area (Å²) in [6.45, 7) is 3.58. The predicted octanol–water partition coefficient (Wildman–Crippen LogP) is 7.44. The van der Waals surface area contributed by atoms with Gasteiger partial charge in [0, 0.05) is 5.56 Å². The Morgan fingerprint density at radius 3 is 2.34 bits per heavy atom. The third-order valence-corrected chi connectivity index (χ3v) is 7.94. The number of benzene rings is 3. The highest BCUT2D eigenvalue weighted by Crippen LogP contribution is 2.49. The summed E-state index contributed by atoms with van der Waals surface area (Å²) in [5.41, 5.74) is 4.06. The van der Waals surface area contributed by atoms with Crippen LogP contribution in [0.1, 0.15) is 42.7 Å². The van der Waals surface area contributed by atoms with Gasteiger partial charge >= 0.3 is 12.1 Å². The first-order valence-corrected chi connectivity index (χ1v) is 13.1. The summed E-state index contributed by atoms with van der Waals surface area (Å²) < 4.78 is 30.2. The average Bonchev–Trinajstić information content (AvgIpc) is 3.67. The van der Waals surface area contributed by atoms with Gasteiger partial charge in [-0.1, -0.05) is 66.7 Å².